The van der Waals surface area contributed by atoms with Crippen LogP contribution in [0, 0.1) is 0 Å². The van der Waals surface area contributed by atoms with Crippen LogP contribution in [0.1, 0.15) is 23.6 Å². The van der Waals surface area contributed by atoms with Gasteiger partial charge in [-0.25, -0.2) is 4.99 Å². The van der Waals surface area contributed by atoms with Crippen molar-refractivity contribution in [2.75, 3.05) is 34.3 Å². The Kier molecular flexibility index (Phi) is 8.65. The van der Waals surface area contributed by atoms with Crippen LogP contribution in [0.5, 0.6) is 5.75 Å². The lowest BCUT2D eigenvalue weighted by Crippen LogP contribution is -2.38. The molecule has 2 aromatic carbocycles. The van der Waals surface area contributed by atoms with E-state index < -0.39 is 0 Å². The van der Waals surface area contributed by atoms with Crippen molar-refractivity contribution < 1.29 is 4.74 Å². The van der Waals surface area contributed by atoms with Gasteiger partial charge in [0.1, 0.15) is 5.75 Å². The zero-order valence-electron chi connectivity index (χ0n) is 17.0. The first kappa shape index (κ1) is 20.8. The summed E-state index contributed by atoms with van der Waals surface area (Å²) in [7, 11) is 5.86. The van der Waals surface area contributed by atoms with E-state index in [1.165, 1.54) is 16.7 Å². The molecular formula is C22H32N4O. The molecule has 0 heterocycles. The smallest absolute Gasteiger partial charge is 0.191 e. The number of nitrogens with one attached hydrogen (secondary N) is 2. The number of ether oxygens (including phenoxy) is 1. The lowest BCUT2D eigenvalue weighted by atomic mass is 10.1. The lowest BCUT2D eigenvalue weighted by molar-refractivity contribution is 0.401. The van der Waals surface area contributed by atoms with Crippen molar-refractivity contribution in [3.8, 4) is 5.75 Å². The maximum Gasteiger partial charge on any atom is 0.191 e. The number of methoxy groups -OCH3 is 1. The van der Waals surface area contributed by atoms with Gasteiger partial charge in [-0.1, -0.05) is 36.4 Å². The second kappa shape index (κ2) is 11.2. The number of hydrogen-bond donors (Lipinski definition) is 2. The van der Waals surface area contributed by atoms with Gasteiger partial charge in [-0.15, -0.1) is 0 Å². The summed E-state index contributed by atoms with van der Waals surface area (Å²) < 4.78 is 5.20. The molecule has 2 N–H and O–H groups in total. The van der Waals surface area contributed by atoms with Gasteiger partial charge in [-0.3, -0.25) is 0 Å². The van der Waals surface area contributed by atoms with E-state index >= 15 is 0 Å². The molecule has 0 aliphatic rings. The highest BCUT2D eigenvalue weighted by Gasteiger charge is 2.04. The van der Waals surface area contributed by atoms with Gasteiger partial charge in [0.25, 0.3) is 0 Å². The Morgan fingerprint density at radius 3 is 2.33 bits per heavy atom. The van der Waals surface area contributed by atoms with Crippen molar-refractivity contribution in [2.45, 2.75) is 26.4 Å². The molecule has 0 radical (unpaired) electrons. The summed E-state index contributed by atoms with van der Waals surface area (Å²) in [5, 5.41) is 6.75. The number of aliphatic imine (C=N–C) groups is 1. The molecule has 0 aliphatic carbocycles. The Balaban J connectivity index is 1.93. The van der Waals surface area contributed by atoms with Crippen molar-refractivity contribution in [2.24, 2.45) is 4.99 Å². The van der Waals surface area contributed by atoms with Crippen LogP contribution >= 0.6 is 0 Å². The molecular weight excluding hydrogens is 336 g/mol. The van der Waals surface area contributed by atoms with E-state index in [4.69, 9.17) is 9.73 Å². The molecule has 27 heavy (non-hydrogen) atoms. The van der Waals surface area contributed by atoms with Crippen molar-refractivity contribution >= 4 is 5.96 Å². The first-order valence-electron chi connectivity index (χ1n) is 9.49. The van der Waals surface area contributed by atoms with Gasteiger partial charge < -0.3 is 20.3 Å². The summed E-state index contributed by atoms with van der Waals surface area (Å²) in [4.78, 5) is 6.95. The molecule has 0 aliphatic heterocycles. The van der Waals surface area contributed by atoms with Crippen LogP contribution in [0.2, 0.25) is 0 Å². The summed E-state index contributed by atoms with van der Waals surface area (Å²) in [6.07, 6.45) is 0.936. The number of hydrogen-bond acceptors (Lipinski definition) is 3. The largest absolute Gasteiger partial charge is 0.497 e. The van der Waals surface area contributed by atoms with Crippen molar-refractivity contribution in [3.63, 3.8) is 0 Å². The van der Waals surface area contributed by atoms with Crippen molar-refractivity contribution in [1.29, 1.82) is 0 Å². The van der Waals surface area contributed by atoms with E-state index in [1.54, 1.807) is 7.11 Å². The standard InChI is InChI=1S/C22H32N4O/c1-5-23-22(24-15-14-18-10-12-21(27-4)13-11-18)25-16-19-8-6-7-9-20(19)17-26(2)3/h6-13H,5,14-17H2,1-4H3,(H2,23,24,25). The van der Waals surface area contributed by atoms with Crippen molar-refractivity contribution in [1.82, 2.24) is 15.5 Å². The zero-order valence-corrected chi connectivity index (χ0v) is 17.0. The third kappa shape index (κ3) is 7.31. The van der Waals surface area contributed by atoms with Crippen LogP contribution in [0.4, 0.5) is 0 Å². The summed E-state index contributed by atoms with van der Waals surface area (Å²) in [6.45, 7) is 5.35. The number of guanidine groups is 1. The highest BCUT2D eigenvalue weighted by atomic mass is 16.5. The summed E-state index contributed by atoms with van der Waals surface area (Å²) in [5.41, 5.74) is 3.86. The molecule has 0 aromatic heterocycles. The van der Waals surface area contributed by atoms with Crippen LogP contribution in [0.3, 0.4) is 0 Å². The summed E-state index contributed by atoms with van der Waals surface area (Å²) in [6, 6.07) is 16.7. The molecule has 0 saturated carbocycles. The Hall–Kier alpha value is -2.53. The normalized spacial score (nSPS) is 11.5. The summed E-state index contributed by atoms with van der Waals surface area (Å²) >= 11 is 0. The zero-order chi connectivity index (χ0) is 19.5. The molecule has 0 atom stereocenters. The number of nitrogens with zero attached hydrogens (tertiary/aromatic N) is 2. The highest BCUT2D eigenvalue weighted by molar-refractivity contribution is 5.79. The molecule has 0 unspecified atom stereocenters. The van der Waals surface area contributed by atoms with Crippen LogP contribution in [0.15, 0.2) is 53.5 Å². The minimum atomic E-state index is 0.669. The van der Waals surface area contributed by atoms with Crippen LogP contribution in [-0.4, -0.2) is 45.2 Å². The van der Waals surface area contributed by atoms with E-state index in [-0.39, 0.29) is 0 Å². The molecule has 0 amide bonds. The summed E-state index contributed by atoms with van der Waals surface area (Å²) in [5.74, 6) is 1.74. The number of rotatable bonds is 9. The van der Waals surface area contributed by atoms with E-state index in [2.05, 4.69) is 73.0 Å². The Morgan fingerprint density at radius 2 is 1.70 bits per heavy atom. The molecule has 5 nitrogen and oxygen atoms in total. The topological polar surface area (TPSA) is 48.9 Å². The van der Waals surface area contributed by atoms with Gasteiger partial charge >= 0.3 is 0 Å². The second-order valence-electron chi connectivity index (χ2n) is 6.73. The fourth-order valence-electron chi connectivity index (χ4n) is 2.83. The SMILES string of the molecule is CCNC(=NCc1ccccc1CN(C)C)NCCc1ccc(OC)cc1. The molecule has 0 spiro atoms. The third-order valence-corrected chi connectivity index (χ3v) is 4.22. The first-order valence-corrected chi connectivity index (χ1v) is 9.49. The van der Waals surface area contributed by atoms with E-state index in [0.717, 1.165) is 37.8 Å². The van der Waals surface area contributed by atoms with Gasteiger partial charge in [-0.05, 0) is 56.3 Å². The minimum absolute atomic E-state index is 0.669. The lowest BCUT2D eigenvalue weighted by Gasteiger charge is -2.14. The molecule has 2 aromatic rings. The maximum absolute atomic E-state index is 5.20. The Morgan fingerprint density at radius 1 is 1.00 bits per heavy atom. The van der Waals surface area contributed by atoms with Crippen LogP contribution < -0.4 is 15.4 Å². The molecule has 146 valence electrons. The second-order valence-corrected chi connectivity index (χ2v) is 6.73. The average molecular weight is 369 g/mol. The average Bonchev–Trinajstić information content (AvgIpc) is 2.67. The van der Waals surface area contributed by atoms with Crippen LogP contribution in [-0.2, 0) is 19.5 Å². The van der Waals surface area contributed by atoms with Gasteiger partial charge in [-0.2, -0.15) is 0 Å². The minimum Gasteiger partial charge on any atom is -0.497 e. The van der Waals surface area contributed by atoms with E-state index in [9.17, 15) is 0 Å². The molecule has 0 fully saturated rings. The van der Waals surface area contributed by atoms with E-state index in [0.29, 0.717) is 6.54 Å². The predicted molar refractivity (Wildman–Crippen MR) is 113 cm³/mol. The molecule has 2 rings (SSSR count). The van der Waals surface area contributed by atoms with Gasteiger partial charge in [0.15, 0.2) is 5.96 Å². The fraction of sp³-hybridized carbons (Fsp3) is 0.409. The van der Waals surface area contributed by atoms with Gasteiger partial charge in [0, 0.05) is 19.6 Å². The van der Waals surface area contributed by atoms with Gasteiger partial charge in [0.2, 0.25) is 0 Å². The van der Waals surface area contributed by atoms with Crippen molar-refractivity contribution in [3.05, 3.63) is 65.2 Å². The number of benzene rings is 2. The van der Waals surface area contributed by atoms with E-state index in [1.807, 2.05) is 12.1 Å². The Labute approximate surface area is 163 Å². The van der Waals surface area contributed by atoms with Crippen LogP contribution in [0.25, 0.3) is 0 Å². The monoisotopic (exact) mass is 368 g/mol. The molecule has 0 bridgehead atoms. The maximum atomic E-state index is 5.20. The molecule has 0 saturated heterocycles. The highest BCUT2D eigenvalue weighted by Crippen LogP contribution is 2.12. The fourth-order valence-corrected chi connectivity index (χ4v) is 2.83. The quantitative estimate of drug-likeness (QED) is 0.528. The molecule has 5 heteroatoms. The predicted octanol–water partition coefficient (Wildman–Crippen LogP) is 3.05. The first-order chi connectivity index (χ1) is 13.1. The third-order valence-electron chi connectivity index (χ3n) is 4.22. The Bertz CT molecular complexity index is 711. The van der Waals surface area contributed by atoms with Gasteiger partial charge in [0.05, 0.1) is 13.7 Å².